The summed E-state index contributed by atoms with van der Waals surface area (Å²) in [6.07, 6.45) is 4.04. The third kappa shape index (κ3) is 1.45. The first kappa shape index (κ1) is 9.64. The molecule has 1 aromatic heterocycles. The Labute approximate surface area is 86.9 Å². The molecule has 15 heavy (non-hydrogen) atoms. The van der Waals surface area contributed by atoms with Crippen molar-refractivity contribution in [3.63, 3.8) is 0 Å². The van der Waals surface area contributed by atoms with Crippen molar-refractivity contribution in [2.75, 3.05) is 7.11 Å². The van der Waals surface area contributed by atoms with Gasteiger partial charge in [-0.15, -0.1) is 0 Å². The summed E-state index contributed by atoms with van der Waals surface area (Å²) in [7, 11) is 1.46. The standard InChI is InChI=1S/C10H11N3O2/c1-6(14)13-9-4-7(10(11)15-2)3-8(9)5-12-13/h4-5,11H,3H2,1-2H3. The molecule has 5 nitrogen and oxygen atoms in total. The lowest BCUT2D eigenvalue weighted by atomic mass is 10.2. The molecule has 1 heterocycles. The number of aromatic nitrogens is 2. The summed E-state index contributed by atoms with van der Waals surface area (Å²) in [4.78, 5) is 11.2. The molecule has 0 saturated heterocycles. The molecule has 0 amide bonds. The number of carbonyl (C=O) groups is 1. The monoisotopic (exact) mass is 205 g/mol. The van der Waals surface area contributed by atoms with Crippen molar-refractivity contribution < 1.29 is 9.53 Å². The smallest absolute Gasteiger partial charge is 0.244 e. The Hall–Kier alpha value is -1.91. The summed E-state index contributed by atoms with van der Waals surface area (Å²) in [6, 6.07) is 0. The molecule has 1 aromatic rings. The number of hydrogen-bond donors (Lipinski definition) is 1. The van der Waals surface area contributed by atoms with Crippen LogP contribution in [0.3, 0.4) is 0 Å². The van der Waals surface area contributed by atoms with Crippen molar-refractivity contribution in [1.29, 1.82) is 5.41 Å². The van der Waals surface area contributed by atoms with E-state index < -0.39 is 0 Å². The Kier molecular flexibility index (Phi) is 2.15. The largest absolute Gasteiger partial charge is 0.481 e. The van der Waals surface area contributed by atoms with Crippen LogP contribution in [0.25, 0.3) is 6.08 Å². The van der Waals surface area contributed by atoms with Crippen molar-refractivity contribution in [2.24, 2.45) is 0 Å². The first-order chi connectivity index (χ1) is 7.13. The number of nitrogens with zero attached hydrogens (tertiary/aromatic N) is 2. The van der Waals surface area contributed by atoms with Crippen LogP contribution in [0, 0.1) is 5.41 Å². The van der Waals surface area contributed by atoms with Gasteiger partial charge in [0.15, 0.2) is 0 Å². The highest BCUT2D eigenvalue weighted by Gasteiger charge is 2.22. The van der Waals surface area contributed by atoms with Crippen LogP contribution in [-0.4, -0.2) is 28.7 Å². The zero-order valence-corrected chi connectivity index (χ0v) is 8.57. The average molecular weight is 205 g/mol. The van der Waals surface area contributed by atoms with Crippen LogP contribution in [0.5, 0.6) is 0 Å². The van der Waals surface area contributed by atoms with E-state index in [0.717, 1.165) is 16.8 Å². The minimum Gasteiger partial charge on any atom is -0.481 e. The molecular formula is C10H11N3O2. The van der Waals surface area contributed by atoms with Gasteiger partial charge in [-0.25, -0.2) is 4.68 Å². The minimum absolute atomic E-state index is 0.127. The van der Waals surface area contributed by atoms with Crippen molar-refractivity contribution in [1.82, 2.24) is 9.78 Å². The van der Waals surface area contributed by atoms with Crippen molar-refractivity contribution in [2.45, 2.75) is 13.3 Å². The van der Waals surface area contributed by atoms with E-state index >= 15 is 0 Å². The number of rotatable bonds is 1. The van der Waals surface area contributed by atoms with E-state index in [4.69, 9.17) is 10.1 Å². The van der Waals surface area contributed by atoms with Crippen LogP contribution >= 0.6 is 0 Å². The molecule has 1 aliphatic rings. The van der Waals surface area contributed by atoms with Gasteiger partial charge in [-0.3, -0.25) is 10.2 Å². The van der Waals surface area contributed by atoms with E-state index in [9.17, 15) is 4.79 Å². The van der Waals surface area contributed by atoms with Gasteiger partial charge in [-0.2, -0.15) is 5.10 Å². The van der Waals surface area contributed by atoms with E-state index in [1.165, 1.54) is 18.7 Å². The molecule has 78 valence electrons. The molecule has 0 spiro atoms. The van der Waals surface area contributed by atoms with Crippen LogP contribution in [-0.2, 0) is 11.2 Å². The van der Waals surface area contributed by atoms with Gasteiger partial charge in [-0.1, -0.05) is 0 Å². The highest BCUT2D eigenvalue weighted by Crippen LogP contribution is 2.25. The molecule has 5 heteroatoms. The predicted molar refractivity (Wildman–Crippen MR) is 54.9 cm³/mol. The second kappa shape index (κ2) is 3.34. The first-order valence-corrected chi connectivity index (χ1v) is 4.55. The van der Waals surface area contributed by atoms with Gasteiger partial charge in [0.2, 0.25) is 11.8 Å². The van der Waals surface area contributed by atoms with Crippen LogP contribution in [0.1, 0.15) is 23.0 Å². The van der Waals surface area contributed by atoms with Crippen LogP contribution in [0.2, 0.25) is 0 Å². The summed E-state index contributed by atoms with van der Waals surface area (Å²) >= 11 is 0. The van der Waals surface area contributed by atoms with Gasteiger partial charge in [0.05, 0.1) is 19.0 Å². The van der Waals surface area contributed by atoms with Gasteiger partial charge in [0, 0.05) is 24.5 Å². The van der Waals surface area contributed by atoms with Gasteiger partial charge < -0.3 is 4.74 Å². The SMILES string of the molecule is COC(=N)C1=Cc2c(cnn2C(C)=O)C1. The van der Waals surface area contributed by atoms with Crippen molar-refractivity contribution in [3.8, 4) is 0 Å². The van der Waals surface area contributed by atoms with Gasteiger partial charge >= 0.3 is 0 Å². The maximum atomic E-state index is 11.2. The van der Waals surface area contributed by atoms with Crippen LogP contribution in [0.15, 0.2) is 11.8 Å². The highest BCUT2D eigenvalue weighted by atomic mass is 16.5. The first-order valence-electron chi connectivity index (χ1n) is 4.55. The summed E-state index contributed by atoms with van der Waals surface area (Å²) in [5.41, 5.74) is 2.50. The fraction of sp³-hybridized carbons (Fsp3) is 0.300. The minimum atomic E-state index is -0.127. The molecule has 0 radical (unpaired) electrons. The zero-order chi connectivity index (χ0) is 11.0. The van der Waals surface area contributed by atoms with E-state index in [1.807, 2.05) is 0 Å². The number of carbonyl (C=O) groups excluding carboxylic acids is 1. The topological polar surface area (TPSA) is 68.0 Å². The third-order valence-electron chi connectivity index (χ3n) is 2.37. The Morgan fingerprint density at radius 2 is 2.40 bits per heavy atom. The molecular weight excluding hydrogens is 194 g/mol. The Morgan fingerprint density at radius 1 is 1.67 bits per heavy atom. The van der Waals surface area contributed by atoms with Crippen LogP contribution < -0.4 is 0 Å². The fourth-order valence-corrected chi connectivity index (χ4v) is 1.63. The van der Waals surface area contributed by atoms with E-state index in [2.05, 4.69) is 5.10 Å². The van der Waals surface area contributed by atoms with Gasteiger partial charge in [0.25, 0.3) is 0 Å². The highest BCUT2D eigenvalue weighted by molar-refractivity contribution is 5.98. The summed E-state index contributed by atoms with van der Waals surface area (Å²) in [6.45, 7) is 1.46. The maximum Gasteiger partial charge on any atom is 0.244 e. The normalized spacial score (nSPS) is 13.3. The lowest BCUT2D eigenvalue weighted by molar-refractivity contribution is 0.0920. The van der Waals surface area contributed by atoms with E-state index in [-0.39, 0.29) is 11.8 Å². The Morgan fingerprint density at radius 3 is 3.00 bits per heavy atom. The van der Waals surface area contributed by atoms with Gasteiger partial charge in [0.1, 0.15) is 0 Å². The van der Waals surface area contributed by atoms with Gasteiger partial charge in [-0.05, 0) is 6.08 Å². The second-order valence-electron chi connectivity index (χ2n) is 3.37. The number of ether oxygens (including phenoxy) is 1. The average Bonchev–Trinajstić information content (AvgIpc) is 2.73. The molecule has 2 rings (SSSR count). The molecule has 1 aliphatic carbocycles. The summed E-state index contributed by atoms with van der Waals surface area (Å²) in [5, 5.41) is 11.5. The molecule has 0 atom stereocenters. The number of hydrogen-bond acceptors (Lipinski definition) is 4. The molecule has 0 aliphatic heterocycles. The predicted octanol–water partition coefficient (Wildman–Crippen LogP) is 1.11. The van der Waals surface area contributed by atoms with Crippen molar-refractivity contribution >= 4 is 17.9 Å². The van der Waals surface area contributed by atoms with E-state index in [1.54, 1.807) is 12.3 Å². The molecule has 0 fully saturated rings. The van der Waals surface area contributed by atoms with Crippen LogP contribution in [0.4, 0.5) is 0 Å². The quantitative estimate of drug-likeness (QED) is 0.551. The lowest BCUT2D eigenvalue weighted by Crippen LogP contribution is -2.09. The number of methoxy groups -OCH3 is 1. The number of nitrogens with one attached hydrogen (secondary N) is 1. The molecule has 1 N–H and O–H groups in total. The Bertz CT molecular complexity index is 471. The molecule has 0 unspecified atom stereocenters. The fourth-order valence-electron chi connectivity index (χ4n) is 1.63. The van der Waals surface area contributed by atoms with E-state index in [0.29, 0.717) is 6.42 Å². The van der Waals surface area contributed by atoms with Crippen molar-refractivity contribution in [3.05, 3.63) is 23.0 Å². The Balaban J connectivity index is 2.39. The lowest BCUT2D eigenvalue weighted by Gasteiger charge is -2.01. The maximum absolute atomic E-state index is 11.2. The second-order valence-corrected chi connectivity index (χ2v) is 3.37. The molecule has 0 aromatic carbocycles. The molecule has 0 saturated carbocycles. The third-order valence-corrected chi connectivity index (χ3v) is 2.37. The summed E-state index contributed by atoms with van der Waals surface area (Å²) < 4.78 is 6.17. The zero-order valence-electron chi connectivity index (χ0n) is 8.57. The number of fused-ring (bicyclic) bond motifs is 1. The molecule has 0 bridgehead atoms. The summed E-state index contributed by atoms with van der Waals surface area (Å²) in [5.74, 6) is 0.0130.